The van der Waals surface area contributed by atoms with Gasteiger partial charge in [0.2, 0.25) is 0 Å². The minimum absolute atomic E-state index is 0.0137. The summed E-state index contributed by atoms with van der Waals surface area (Å²) in [6, 6.07) is 11.7. The van der Waals surface area contributed by atoms with Gasteiger partial charge in [-0.2, -0.15) is 0 Å². The van der Waals surface area contributed by atoms with Crippen LogP contribution < -0.4 is 20.3 Å². The first kappa shape index (κ1) is 20.3. The smallest absolute Gasteiger partial charge is 0.338 e. The van der Waals surface area contributed by atoms with Gasteiger partial charge in [-0.3, -0.25) is 5.41 Å². The zero-order chi connectivity index (χ0) is 22.4. The number of aliphatic carboxylic acids is 1. The maximum Gasteiger partial charge on any atom is 0.338 e. The number of nitrogens with one attached hydrogen (secondary N) is 1. The van der Waals surface area contributed by atoms with Gasteiger partial charge < -0.3 is 25.4 Å². The van der Waals surface area contributed by atoms with Gasteiger partial charge in [0.1, 0.15) is 11.5 Å². The monoisotopic (exact) mass is 416 g/mol. The number of allylic oxidation sites excluding steroid dienone is 2. The topological polar surface area (TPSA) is 103 Å². The first-order valence-electron chi connectivity index (χ1n) is 9.75. The van der Waals surface area contributed by atoms with Crippen LogP contribution in [-0.2, 0) is 4.79 Å². The third-order valence-corrected chi connectivity index (χ3v) is 5.45. The Bertz CT molecular complexity index is 1160. The molecule has 4 N–H and O–H groups in total. The molecule has 1 heterocycles. The molecule has 0 unspecified atom stereocenters. The Balaban J connectivity index is 2.07. The minimum Gasteiger partial charge on any atom is -0.478 e. The lowest BCUT2D eigenvalue weighted by Gasteiger charge is -2.28. The summed E-state index contributed by atoms with van der Waals surface area (Å²) >= 11 is 0. The fraction of sp³-hybridized carbons (Fsp3) is 0.167. The van der Waals surface area contributed by atoms with Crippen molar-refractivity contribution in [1.82, 2.24) is 0 Å². The predicted octanol–water partition coefficient (Wildman–Crippen LogP) is 3.61. The van der Waals surface area contributed by atoms with Gasteiger partial charge in [0.15, 0.2) is 0 Å². The summed E-state index contributed by atoms with van der Waals surface area (Å²) in [7, 11) is 7.79. The third-order valence-electron chi connectivity index (χ3n) is 5.45. The van der Waals surface area contributed by atoms with Gasteiger partial charge in [0.25, 0.3) is 0 Å². The number of ether oxygens (including phenoxy) is 1. The molecule has 1 aliphatic heterocycles. The quantitative estimate of drug-likeness (QED) is 0.603. The lowest BCUT2D eigenvalue weighted by atomic mass is 9.83. The highest BCUT2D eigenvalue weighted by Crippen LogP contribution is 2.48. The van der Waals surface area contributed by atoms with Crippen LogP contribution in [0.3, 0.4) is 0 Å². The summed E-state index contributed by atoms with van der Waals surface area (Å²) in [5.74, 6) is 0.0995. The first-order valence-corrected chi connectivity index (χ1v) is 9.75. The van der Waals surface area contributed by atoms with E-state index in [0.29, 0.717) is 17.1 Å². The SMILES string of the molecule is CN(C)c1ccc2c(c1)Oc1cc(N(C)C)ccc1C2=C1C=CC(=N)C(N)=C1C(=O)O. The van der Waals surface area contributed by atoms with Crippen molar-refractivity contribution < 1.29 is 14.6 Å². The molecule has 2 aliphatic rings. The molecule has 4 rings (SSSR count). The molecule has 158 valence electrons. The molecule has 0 saturated heterocycles. The molecule has 1 aliphatic carbocycles. The van der Waals surface area contributed by atoms with Crippen molar-refractivity contribution in [2.75, 3.05) is 38.0 Å². The van der Waals surface area contributed by atoms with Crippen molar-refractivity contribution >= 4 is 28.6 Å². The number of fused-ring (bicyclic) bond motifs is 2. The fourth-order valence-electron chi connectivity index (χ4n) is 3.77. The van der Waals surface area contributed by atoms with E-state index in [2.05, 4.69) is 0 Å². The number of rotatable bonds is 3. The molecule has 0 spiro atoms. The number of carbonyl (C=O) groups is 1. The molecular weight excluding hydrogens is 392 g/mol. The summed E-state index contributed by atoms with van der Waals surface area (Å²) in [5, 5.41) is 17.9. The Morgan fingerprint density at radius 2 is 1.45 bits per heavy atom. The van der Waals surface area contributed by atoms with E-state index in [0.717, 1.165) is 28.1 Å². The van der Waals surface area contributed by atoms with Crippen molar-refractivity contribution in [3.63, 3.8) is 0 Å². The van der Waals surface area contributed by atoms with Crippen LogP contribution in [0.25, 0.3) is 5.57 Å². The van der Waals surface area contributed by atoms with Crippen LogP contribution in [0.15, 0.2) is 65.4 Å². The van der Waals surface area contributed by atoms with Crippen molar-refractivity contribution in [2.24, 2.45) is 5.73 Å². The number of benzene rings is 2. The normalized spacial score (nSPS) is 14.8. The van der Waals surface area contributed by atoms with E-state index in [1.807, 2.05) is 74.4 Å². The number of hydrogen-bond donors (Lipinski definition) is 3. The molecule has 0 aromatic heterocycles. The van der Waals surface area contributed by atoms with Gasteiger partial charge in [-0.15, -0.1) is 0 Å². The lowest BCUT2D eigenvalue weighted by Crippen LogP contribution is -2.22. The molecule has 0 bridgehead atoms. The second-order valence-electron chi connectivity index (χ2n) is 7.88. The number of nitrogens with two attached hydrogens (primary N) is 1. The van der Waals surface area contributed by atoms with Gasteiger partial charge in [-0.25, -0.2) is 4.79 Å². The van der Waals surface area contributed by atoms with Crippen LogP contribution in [0.4, 0.5) is 11.4 Å². The van der Waals surface area contributed by atoms with Crippen LogP contribution in [-0.4, -0.2) is 45.0 Å². The van der Waals surface area contributed by atoms with E-state index in [9.17, 15) is 9.90 Å². The van der Waals surface area contributed by atoms with E-state index in [-0.39, 0.29) is 17.0 Å². The Morgan fingerprint density at radius 3 is 1.90 bits per heavy atom. The van der Waals surface area contributed by atoms with Gasteiger partial charge in [0.05, 0.1) is 17.0 Å². The molecule has 2 aromatic rings. The highest BCUT2D eigenvalue weighted by molar-refractivity contribution is 6.16. The standard InChI is InChI=1S/C24H24N4O3/c1-27(2)13-5-7-15-19(11-13)31-20-12-14(28(3)4)6-8-16(20)21(15)17-9-10-18(25)23(26)22(17)24(29)30/h5-12,25H,26H2,1-4H3,(H,29,30). The van der Waals surface area contributed by atoms with E-state index in [1.165, 1.54) is 6.08 Å². The van der Waals surface area contributed by atoms with Crippen LogP contribution in [0.1, 0.15) is 11.1 Å². The molecule has 0 radical (unpaired) electrons. The summed E-state index contributed by atoms with van der Waals surface area (Å²) in [6.45, 7) is 0. The molecule has 2 aromatic carbocycles. The molecule has 31 heavy (non-hydrogen) atoms. The predicted molar refractivity (Wildman–Crippen MR) is 123 cm³/mol. The number of anilines is 2. The highest BCUT2D eigenvalue weighted by atomic mass is 16.5. The number of carboxylic acid groups (broad SMARTS) is 1. The molecule has 7 heteroatoms. The van der Waals surface area contributed by atoms with Crippen molar-refractivity contribution in [1.29, 1.82) is 5.41 Å². The Morgan fingerprint density at radius 1 is 0.935 bits per heavy atom. The average molecular weight is 416 g/mol. The zero-order valence-electron chi connectivity index (χ0n) is 17.9. The van der Waals surface area contributed by atoms with Gasteiger partial charge >= 0.3 is 5.97 Å². The number of hydrogen-bond acceptors (Lipinski definition) is 6. The summed E-state index contributed by atoms with van der Waals surface area (Å²) in [5.41, 5.74) is 10.5. The van der Waals surface area contributed by atoms with Gasteiger partial charge in [-0.05, 0) is 35.9 Å². The van der Waals surface area contributed by atoms with Crippen LogP contribution >= 0.6 is 0 Å². The van der Waals surface area contributed by atoms with Crippen molar-refractivity contribution in [3.05, 3.63) is 76.5 Å². The van der Waals surface area contributed by atoms with Crippen LogP contribution in [0.5, 0.6) is 11.5 Å². The number of carboxylic acids is 1. The summed E-state index contributed by atoms with van der Waals surface area (Å²) < 4.78 is 6.28. The Labute approximate surface area is 180 Å². The Hall–Kier alpha value is -4.00. The highest BCUT2D eigenvalue weighted by Gasteiger charge is 2.31. The largest absolute Gasteiger partial charge is 0.478 e. The third kappa shape index (κ3) is 3.34. The minimum atomic E-state index is -1.17. The average Bonchev–Trinajstić information content (AvgIpc) is 2.72. The molecular formula is C24H24N4O3. The van der Waals surface area contributed by atoms with E-state index in [1.54, 1.807) is 6.08 Å². The summed E-state index contributed by atoms with van der Waals surface area (Å²) in [6.07, 6.45) is 3.18. The maximum absolute atomic E-state index is 12.1. The van der Waals surface area contributed by atoms with Crippen LogP contribution in [0.2, 0.25) is 0 Å². The molecule has 0 amide bonds. The lowest BCUT2D eigenvalue weighted by molar-refractivity contribution is -0.132. The van der Waals surface area contributed by atoms with E-state index in [4.69, 9.17) is 15.9 Å². The maximum atomic E-state index is 12.1. The van der Waals surface area contributed by atoms with Gasteiger partial charge in [-0.1, -0.05) is 6.08 Å². The molecule has 0 saturated carbocycles. The zero-order valence-corrected chi connectivity index (χ0v) is 17.9. The van der Waals surface area contributed by atoms with E-state index >= 15 is 0 Å². The second-order valence-corrected chi connectivity index (χ2v) is 7.88. The second kappa shape index (κ2) is 7.36. The number of nitrogens with zero attached hydrogens (tertiary/aromatic N) is 2. The fourth-order valence-corrected chi connectivity index (χ4v) is 3.77. The molecule has 0 fully saturated rings. The van der Waals surface area contributed by atoms with Gasteiger partial charge in [0, 0.05) is 68.4 Å². The first-order chi connectivity index (χ1) is 14.7. The van der Waals surface area contributed by atoms with Crippen molar-refractivity contribution in [3.8, 4) is 11.5 Å². The van der Waals surface area contributed by atoms with E-state index < -0.39 is 5.97 Å². The summed E-state index contributed by atoms with van der Waals surface area (Å²) in [4.78, 5) is 16.1. The van der Waals surface area contributed by atoms with Crippen LogP contribution in [0, 0.1) is 5.41 Å². The Kier molecular flexibility index (Phi) is 4.81. The molecule has 0 atom stereocenters. The molecule has 7 nitrogen and oxygen atoms in total. The van der Waals surface area contributed by atoms with Crippen molar-refractivity contribution in [2.45, 2.75) is 0 Å².